The van der Waals surface area contributed by atoms with Crippen molar-refractivity contribution < 1.29 is 26.8 Å². The molecule has 0 aromatic heterocycles. The van der Waals surface area contributed by atoms with Crippen molar-refractivity contribution in [2.75, 3.05) is 19.6 Å². The SMILES string of the molecule is NC(=NC(=O)[C@@H]1CCCNC1)[C@@H]1CC[C@@H]2CN1C(=O)N2OS(=O)(=O)O. The molecular formula is C13H21N5O6S. The molecule has 11 nitrogen and oxygen atoms in total. The number of carbonyl (C=O) groups excluding carboxylic acids is 2. The Kier molecular flexibility index (Phi) is 4.95. The lowest BCUT2D eigenvalue weighted by atomic mass is 9.98. The monoisotopic (exact) mass is 375 g/mol. The molecule has 3 fully saturated rings. The van der Waals surface area contributed by atoms with E-state index < -0.39 is 28.5 Å². The highest BCUT2D eigenvalue weighted by molar-refractivity contribution is 7.80. The van der Waals surface area contributed by atoms with Crippen molar-refractivity contribution in [3.63, 3.8) is 0 Å². The second kappa shape index (κ2) is 6.86. The summed E-state index contributed by atoms with van der Waals surface area (Å²) in [6.07, 6.45) is 2.47. The molecule has 25 heavy (non-hydrogen) atoms. The van der Waals surface area contributed by atoms with Crippen LogP contribution in [0, 0.1) is 5.92 Å². The molecule has 4 N–H and O–H groups in total. The first-order chi connectivity index (χ1) is 11.8. The van der Waals surface area contributed by atoms with Crippen LogP contribution in [0.15, 0.2) is 4.99 Å². The van der Waals surface area contributed by atoms with E-state index in [9.17, 15) is 18.0 Å². The van der Waals surface area contributed by atoms with Crippen LogP contribution in [0.5, 0.6) is 0 Å². The third kappa shape index (κ3) is 3.92. The van der Waals surface area contributed by atoms with Gasteiger partial charge in [0.2, 0.25) is 0 Å². The molecule has 3 heterocycles. The van der Waals surface area contributed by atoms with E-state index in [1.165, 1.54) is 4.90 Å². The van der Waals surface area contributed by atoms with Crippen LogP contribution in [0.3, 0.4) is 0 Å². The Balaban J connectivity index is 1.70. The van der Waals surface area contributed by atoms with Crippen molar-refractivity contribution in [3.05, 3.63) is 0 Å². The zero-order valence-corrected chi connectivity index (χ0v) is 14.3. The summed E-state index contributed by atoms with van der Waals surface area (Å²) in [6.45, 7) is 1.62. The van der Waals surface area contributed by atoms with Crippen molar-refractivity contribution in [1.82, 2.24) is 15.3 Å². The van der Waals surface area contributed by atoms with Crippen molar-refractivity contribution in [2.45, 2.75) is 37.8 Å². The Morgan fingerprint density at radius 1 is 1.36 bits per heavy atom. The number of aliphatic imine (C=N–C) groups is 1. The summed E-state index contributed by atoms with van der Waals surface area (Å²) in [5.41, 5.74) is 5.96. The highest BCUT2D eigenvalue weighted by Gasteiger charge is 2.48. The molecule has 0 unspecified atom stereocenters. The van der Waals surface area contributed by atoms with E-state index in [4.69, 9.17) is 10.3 Å². The average molecular weight is 375 g/mol. The first kappa shape index (κ1) is 18.0. The number of nitrogens with one attached hydrogen (secondary N) is 1. The van der Waals surface area contributed by atoms with Crippen LogP contribution in [-0.2, 0) is 19.5 Å². The highest BCUT2D eigenvalue weighted by Crippen LogP contribution is 2.30. The smallest absolute Gasteiger partial charge is 0.385 e. The molecule has 0 aromatic rings. The molecule has 140 valence electrons. The van der Waals surface area contributed by atoms with Crippen LogP contribution in [0.1, 0.15) is 25.7 Å². The first-order valence-electron chi connectivity index (χ1n) is 8.11. The number of amides is 3. The van der Waals surface area contributed by atoms with Crippen molar-refractivity contribution in [1.29, 1.82) is 0 Å². The predicted molar refractivity (Wildman–Crippen MR) is 85.6 cm³/mol. The topological polar surface area (TPSA) is 155 Å². The fourth-order valence-corrected chi connectivity index (χ4v) is 3.88. The third-order valence-corrected chi connectivity index (χ3v) is 5.07. The zero-order chi connectivity index (χ0) is 18.2. The van der Waals surface area contributed by atoms with Crippen LogP contribution in [0.25, 0.3) is 0 Å². The Morgan fingerprint density at radius 2 is 2.12 bits per heavy atom. The van der Waals surface area contributed by atoms with Gasteiger partial charge < -0.3 is 16.0 Å². The van der Waals surface area contributed by atoms with E-state index >= 15 is 0 Å². The quantitative estimate of drug-likeness (QED) is 0.317. The lowest BCUT2D eigenvalue weighted by Gasteiger charge is -2.30. The van der Waals surface area contributed by atoms with Crippen LogP contribution in [0.4, 0.5) is 4.79 Å². The Bertz CT molecular complexity index is 689. The van der Waals surface area contributed by atoms with Gasteiger partial charge in [-0.2, -0.15) is 18.5 Å². The van der Waals surface area contributed by atoms with Gasteiger partial charge in [-0.25, -0.2) is 4.79 Å². The van der Waals surface area contributed by atoms with Gasteiger partial charge in [-0.05, 0) is 32.2 Å². The second-order valence-electron chi connectivity index (χ2n) is 6.43. The van der Waals surface area contributed by atoms with E-state index in [0.29, 0.717) is 24.4 Å². The second-order valence-corrected chi connectivity index (χ2v) is 7.43. The number of hydrogen-bond acceptors (Lipinski definition) is 6. The minimum Gasteiger partial charge on any atom is -0.385 e. The number of urea groups is 1. The van der Waals surface area contributed by atoms with Gasteiger partial charge in [-0.1, -0.05) is 0 Å². The first-order valence-corrected chi connectivity index (χ1v) is 9.48. The number of carbonyl (C=O) groups is 2. The minimum absolute atomic E-state index is 0.0380. The number of rotatable bonds is 4. The van der Waals surface area contributed by atoms with E-state index in [-0.39, 0.29) is 24.2 Å². The van der Waals surface area contributed by atoms with Crippen molar-refractivity contribution >= 4 is 28.2 Å². The van der Waals surface area contributed by atoms with Crippen LogP contribution < -0.4 is 11.1 Å². The van der Waals surface area contributed by atoms with E-state index in [1.54, 1.807) is 0 Å². The molecule has 3 saturated heterocycles. The van der Waals surface area contributed by atoms with E-state index in [2.05, 4.69) is 14.6 Å². The number of piperidine rings is 2. The number of hydrogen-bond donors (Lipinski definition) is 3. The zero-order valence-electron chi connectivity index (χ0n) is 13.5. The third-order valence-electron chi connectivity index (χ3n) is 4.72. The van der Waals surface area contributed by atoms with Gasteiger partial charge in [0.05, 0.1) is 18.0 Å². The predicted octanol–water partition coefficient (Wildman–Crippen LogP) is -1.13. The summed E-state index contributed by atoms with van der Waals surface area (Å²) in [5, 5.41) is 3.76. The molecule has 3 amide bonds. The maximum atomic E-state index is 12.3. The summed E-state index contributed by atoms with van der Waals surface area (Å²) in [4.78, 5) is 29.8. The van der Waals surface area contributed by atoms with E-state index in [0.717, 1.165) is 19.4 Å². The molecule has 2 bridgehead atoms. The number of hydroxylamine groups is 2. The molecule has 0 spiro atoms. The van der Waals surface area contributed by atoms with Gasteiger partial charge in [0.1, 0.15) is 5.84 Å². The van der Waals surface area contributed by atoms with Gasteiger partial charge in [-0.15, -0.1) is 4.28 Å². The highest BCUT2D eigenvalue weighted by atomic mass is 32.3. The van der Waals surface area contributed by atoms with Gasteiger partial charge in [0, 0.05) is 13.1 Å². The Hall–Kier alpha value is -1.76. The average Bonchev–Trinajstić information content (AvgIpc) is 2.79. The van der Waals surface area contributed by atoms with Crippen LogP contribution in [-0.4, -0.2) is 72.4 Å². The Morgan fingerprint density at radius 3 is 2.76 bits per heavy atom. The van der Waals surface area contributed by atoms with Gasteiger partial charge in [0.15, 0.2) is 0 Å². The summed E-state index contributed by atoms with van der Waals surface area (Å²) in [5.74, 6) is -0.502. The fraction of sp³-hybridized carbons (Fsp3) is 0.769. The largest absolute Gasteiger partial charge is 0.418 e. The maximum absolute atomic E-state index is 12.3. The summed E-state index contributed by atoms with van der Waals surface area (Å²) < 4.78 is 34.9. The van der Waals surface area contributed by atoms with Gasteiger partial charge in [0.25, 0.3) is 5.91 Å². The van der Waals surface area contributed by atoms with Crippen LogP contribution >= 0.6 is 0 Å². The van der Waals surface area contributed by atoms with Crippen molar-refractivity contribution in [3.8, 4) is 0 Å². The number of fused-ring (bicyclic) bond motifs is 2. The van der Waals surface area contributed by atoms with Crippen LogP contribution in [0.2, 0.25) is 0 Å². The lowest BCUT2D eigenvalue weighted by molar-refractivity contribution is -0.122. The molecule has 12 heteroatoms. The molecule has 3 aliphatic rings. The minimum atomic E-state index is -4.79. The molecule has 3 atom stereocenters. The molecule has 0 aliphatic carbocycles. The molecule has 0 radical (unpaired) electrons. The van der Waals surface area contributed by atoms with Gasteiger partial charge in [-0.3, -0.25) is 9.35 Å². The molecule has 3 rings (SSSR count). The van der Waals surface area contributed by atoms with Crippen molar-refractivity contribution in [2.24, 2.45) is 16.6 Å². The number of nitrogens with zero attached hydrogens (tertiary/aromatic N) is 3. The lowest BCUT2D eigenvalue weighted by Crippen LogP contribution is -2.48. The summed E-state index contributed by atoms with van der Waals surface area (Å²) in [6, 6.07) is -1.83. The standard InChI is InChI=1S/C13H21N5O6S/c14-11(16-12(19)8-2-1-5-15-6-8)10-4-3-9-7-17(10)13(20)18(9)24-25(21,22)23/h8-10,15H,1-7H2,(H2,14,16,19)(H,21,22,23)/t8-,9-,10+/m1/s1. The summed E-state index contributed by atoms with van der Waals surface area (Å²) >= 11 is 0. The molecular weight excluding hydrogens is 354 g/mol. The van der Waals surface area contributed by atoms with Gasteiger partial charge >= 0.3 is 16.4 Å². The Labute approximate surface area is 145 Å². The molecule has 0 aromatic carbocycles. The number of amidine groups is 1. The molecule has 3 aliphatic heterocycles. The normalized spacial score (nSPS) is 30.7. The molecule has 0 saturated carbocycles. The maximum Gasteiger partial charge on any atom is 0.418 e. The summed E-state index contributed by atoms with van der Waals surface area (Å²) in [7, 11) is -4.79. The fourth-order valence-electron chi connectivity index (χ4n) is 3.49. The number of nitrogens with two attached hydrogens (primary N) is 1. The van der Waals surface area contributed by atoms with E-state index in [1.807, 2.05) is 0 Å².